The van der Waals surface area contributed by atoms with E-state index in [-0.39, 0.29) is 0 Å². The van der Waals surface area contributed by atoms with E-state index in [1.165, 1.54) is 31.4 Å². The van der Waals surface area contributed by atoms with Crippen molar-refractivity contribution in [3.05, 3.63) is 12.3 Å². The van der Waals surface area contributed by atoms with Crippen LogP contribution in [-0.2, 0) is 0 Å². The molecule has 11 heavy (non-hydrogen) atoms. The van der Waals surface area contributed by atoms with E-state index in [4.69, 9.17) is 0 Å². The van der Waals surface area contributed by atoms with Gasteiger partial charge in [-0.25, -0.2) is 0 Å². The first-order valence-corrected chi connectivity index (χ1v) is 4.81. The second kappa shape index (κ2) is 3.80. The Morgan fingerprint density at radius 3 is 1.91 bits per heavy atom. The molecule has 0 unspecified atom stereocenters. The lowest BCUT2D eigenvalue weighted by atomic mass is 9.80. The summed E-state index contributed by atoms with van der Waals surface area (Å²) in [6, 6.07) is 0.780. The van der Waals surface area contributed by atoms with Crippen molar-refractivity contribution in [2.24, 2.45) is 5.92 Å². The highest BCUT2D eigenvalue weighted by Crippen LogP contribution is 2.33. The average molecular weight is 153 g/mol. The van der Waals surface area contributed by atoms with Crippen LogP contribution in [0.4, 0.5) is 0 Å². The molecule has 3 fully saturated rings. The normalized spacial score (nSPS) is 33.8. The summed E-state index contributed by atoms with van der Waals surface area (Å²) in [7, 11) is 0. The molecular weight excluding hydrogens is 134 g/mol. The molecule has 0 aromatic carbocycles. The van der Waals surface area contributed by atoms with E-state index in [2.05, 4.69) is 11.9 Å². The van der Waals surface area contributed by atoms with Crippen molar-refractivity contribution in [1.29, 1.82) is 0 Å². The molecule has 2 heterocycles. The molecule has 1 saturated carbocycles. The Labute approximate surface area is 69.9 Å². The van der Waals surface area contributed by atoms with Crippen LogP contribution in [0, 0.1) is 5.92 Å². The number of nitrogens with one attached hydrogen (secondary N) is 1. The summed E-state index contributed by atoms with van der Waals surface area (Å²) in [5.41, 5.74) is 1.30. The van der Waals surface area contributed by atoms with E-state index >= 15 is 0 Å². The van der Waals surface area contributed by atoms with E-state index in [0.717, 1.165) is 12.0 Å². The highest BCUT2D eigenvalue weighted by Gasteiger charge is 2.29. The summed E-state index contributed by atoms with van der Waals surface area (Å²) in [6.07, 6.45) is 5.53. The summed E-state index contributed by atoms with van der Waals surface area (Å²) in [5, 5.41) is 3.42. The van der Waals surface area contributed by atoms with Crippen LogP contribution < -0.4 is 5.32 Å². The molecule has 3 aliphatic rings. The third kappa shape index (κ3) is 1.76. The van der Waals surface area contributed by atoms with Gasteiger partial charge in [-0.1, -0.05) is 20.4 Å². The predicted molar refractivity (Wildman–Crippen MR) is 49.4 cm³/mol. The van der Waals surface area contributed by atoms with Gasteiger partial charge in [0, 0.05) is 11.7 Å². The van der Waals surface area contributed by atoms with E-state index in [0.29, 0.717) is 0 Å². The van der Waals surface area contributed by atoms with Gasteiger partial charge >= 0.3 is 0 Å². The van der Waals surface area contributed by atoms with Crippen LogP contribution in [0.5, 0.6) is 0 Å². The van der Waals surface area contributed by atoms with Crippen LogP contribution in [0.25, 0.3) is 0 Å². The van der Waals surface area contributed by atoms with Gasteiger partial charge in [0.15, 0.2) is 0 Å². The van der Waals surface area contributed by atoms with Crippen LogP contribution in [0.3, 0.4) is 0 Å². The molecular formula is C10H19N. The molecule has 0 aromatic heterocycles. The molecule has 0 radical (unpaired) electrons. The Kier molecular flexibility index (Phi) is 2.98. The number of fused-ring (bicyclic) bond motifs is 3. The third-order valence-corrected chi connectivity index (χ3v) is 2.61. The molecule has 0 spiro atoms. The smallest absolute Gasteiger partial charge is 0.0258 e. The minimum atomic E-state index is 0.780. The lowest BCUT2D eigenvalue weighted by Crippen LogP contribution is -2.41. The summed E-state index contributed by atoms with van der Waals surface area (Å²) in [4.78, 5) is 0. The van der Waals surface area contributed by atoms with Crippen LogP contribution in [0.2, 0.25) is 0 Å². The number of rotatable bonds is 0. The fourth-order valence-electron chi connectivity index (χ4n) is 1.97. The van der Waals surface area contributed by atoms with Gasteiger partial charge in [-0.3, -0.25) is 0 Å². The minimum absolute atomic E-state index is 0.780. The standard InChI is InChI=1S/C8H13N.C2H6/c1-6-7-2-4-8(9-6)5-3-7;1-2/h7-9H,1-5H2;1-2H3. The Morgan fingerprint density at radius 1 is 1.18 bits per heavy atom. The second-order valence-corrected chi connectivity index (χ2v) is 3.22. The first-order chi connectivity index (χ1) is 5.36. The van der Waals surface area contributed by atoms with Crippen LogP contribution >= 0.6 is 0 Å². The van der Waals surface area contributed by atoms with Gasteiger partial charge in [-0.2, -0.15) is 0 Å². The van der Waals surface area contributed by atoms with Crippen molar-refractivity contribution in [2.45, 2.75) is 45.6 Å². The van der Waals surface area contributed by atoms with Crippen molar-refractivity contribution in [2.75, 3.05) is 0 Å². The first kappa shape index (κ1) is 8.63. The Hall–Kier alpha value is -0.460. The maximum atomic E-state index is 3.99. The molecule has 0 amide bonds. The van der Waals surface area contributed by atoms with Crippen LogP contribution in [0.15, 0.2) is 12.3 Å². The van der Waals surface area contributed by atoms with Gasteiger partial charge < -0.3 is 5.32 Å². The molecule has 1 aliphatic carbocycles. The van der Waals surface area contributed by atoms with Crippen molar-refractivity contribution < 1.29 is 0 Å². The van der Waals surface area contributed by atoms with Crippen LogP contribution in [-0.4, -0.2) is 6.04 Å². The molecule has 1 N–H and O–H groups in total. The van der Waals surface area contributed by atoms with Gasteiger partial charge in [0.25, 0.3) is 0 Å². The van der Waals surface area contributed by atoms with Gasteiger partial charge in [0.1, 0.15) is 0 Å². The van der Waals surface area contributed by atoms with Crippen molar-refractivity contribution in [3.63, 3.8) is 0 Å². The number of hydrogen-bond acceptors (Lipinski definition) is 1. The Balaban J connectivity index is 0.000000281. The fraction of sp³-hybridized carbons (Fsp3) is 0.800. The summed E-state index contributed by atoms with van der Waals surface area (Å²) in [5.74, 6) is 0.815. The van der Waals surface area contributed by atoms with E-state index in [1.807, 2.05) is 13.8 Å². The number of hydrogen-bond donors (Lipinski definition) is 1. The molecule has 3 rings (SSSR count). The Morgan fingerprint density at radius 2 is 1.73 bits per heavy atom. The molecule has 0 aromatic rings. The van der Waals surface area contributed by atoms with Gasteiger partial charge in [0.2, 0.25) is 0 Å². The van der Waals surface area contributed by atoms with E-state index in [9.17, 15) is 0 Å². The van der Waals surface area contributed by atoms with Crippen LogP contribution in [0.1, 0.15) is 39.5 Å². The van der Waals surface area contributed by atoms with Gasteiger partial charge in [-0.05, 0) is 31.6 Å². The monoisotopic (exact) mass is 153 g/mol. The zero-order valence-electron chi connectivity index (χ0n) is 7.69. The summed E-state index contributed by atoms with van der Waals surface area (Å²) in [6.45, 7) is 7.99. The molecule has 1 nitrogen and oxygen atoms in total. The molecule has 2 bridgehead atoms. The maximum absolute atomic E-state index is 3.99. The first-order valence-electron chi connectivity index (χ1n) is 4.81. The lowest BCUT2D eigenvalue weighted by molar-refractivity contribution is 0.262. The highest BCUT2D eigenvalue weighted by molar-refractivity contribution is 5.07. The lowest BCUT2D eigenvalue weighted by Gasteiger charge is -2.39. The van der Waals surface area contributed by atoms with Gasteiger partial charge in [0.05, 0.1) is 0 Å². The van der Waals surface area contributed by atoms with Crippen molar-refractivity contribution in [1.82, 2.24) is 5.32 Å². The molecule has 0 atom stereocenters. The fourth-order valence-corrected chi connectivity index (χ4v) is 1.97. The molecule has 64 valence electrons. The van der Waals surface area contributed by atoms with Crippen molar-refractivity contribution >= 4 is 0 Å². The minimum Gasteiger partial charge on any atom is -0.386 e. The predicted octanol–water partition coefficient (Wildman–Crippen LogP) is 2.69. The average Bonchev–Trinajstić information content (AvgIpc) is 2.10. The van der Waals surface area contributed by atoms with E-state index in [1.54, 1.807) is 0 Å². The second-order valence-electron chi connectivity index (χ2n) is 3.22. The molecule has 2 aliphatic heterocycles. The maximum Gasteiger partial charge on any atom is 0.0258 e. The Bertz CT molecular complexity index is 132. The van der Waals surface area contributed by atoms with Gasteiger partial charge in [-0.15, -0.1) is 0 Å². The van der Waals surface area contributed by atoms with Crippen molar-refractivity contribution in [3.8, 4) is 0 Å². The quantitative estimate of drug-likeness (QED) is 0.564. The summed E-state index contributed by atoms with van der Waals surface area (Å²) >= 11 is 0. The molecule has 1 heteroatoms. The summed E-state index contributed by atoms with van der Waals surface area (Å²) < 4.78 is 0. The SMILES string of the molecule is C=C1NC2CCC1CC2.CC. The third-order valence-electron chi connectivity index (χ3n) is 2.61. The number of allylic oxidation sites excluding steroid dienone is 1. The molecule has 2 saturated heterocycles. The zero-order chi connectivity index (χ0) is 8.27. The zero-order valence-corrected chi connectivity index (χ0v) is 7.69. The number of piperidine rings is 2. The van der Waals surface area contributed by atoms with E-state index < -0.39 is 0 Å². The topological polar surface area (TPSA) is 12.0 Å². The largest absolute Gasteiger partial charge is 0.386 e. The highest BCUT2D eigenvalue weighted by atomic mass is 15.0.